The molecule has 0 radical (unpaired) electrons. The van der Waals surface area contributed by atoms with Gasteiger partial charge in [-0.3, -0.25) is 4.68 Å². The molecule has 7 heteroatoms. The van der Waals surface area contributed by atoms with Crippen molar-refractivity contribution in [3.05, 3.63) is 11.9 Å². The van der Waals surface area contributed by atoms with Crippen LogP contribution in [0.25, 0.3) is 0 Å². The van der Waals surface area contributed by atoms with Gasteiger partial charge in [-0.15, -0.1) is 3.89 Å². The van der Waals surface area contributed by atoms with E-state index in [0.29, 0.717) is 18.8 Å². The Morgan fingerprint density at radius 2 is 2.38 bits per heavy atom. The lowest BCUT2D eigenvalue weighted by Crippen LogP contribution is -2.29. The van der Waals surface area contributed by atoms with Gasteiger partial charge in [0.1, 0.15) is 4.90 Å². The molecule has 0 fully saturated rings. The molecule has 0 saturated heterocycles. The first-order valence-electron chi connectivity index (χ1n) is 3.79. The number of rotatable bonds is 1. The summed E-state index contributed by atoms with van der Waals surface area (Å²) in [5.41, 5.74) is 0.397. The van der Waals surface area contributed by atoms with Crippen molar-refractivity contribution in [2.45, 2.75) is 18.0 Å². The predicted octanol–water partition coefficient (Wildman–Crippen LogP) is -0.356. The fourth-order valence-electron chi connectivity index (χ4n) is 1.36. The number of aromatic nitrogens is 2. The van der Waals surface area contributed by atoms with Crippen molar-refractivity contribution in [1.29, 1.82) is 0 Å². The summed E-state index contributed by atoms with van der Waals surface area (Å²) < 4.78 is 35.4. The molecule has 1 aliphatic rings. The molecule has 0 amide bonds. The van der Waals surface area contributed by atoms with E-state index in [1.165, 1.54) is 4.68 Å². The van der Waals surface area contributed by atoms with Crippen LogP contribution in [-0.2, 0) is 23.3 Å². The number of hydrogen-bond acceptors (Lipinski definition) is 4. The second-order valence-corrected chi connectivity index (χ2v) is 4.11. The fraction of sp³-hybridized carbons (Fsp3) is 0.500. The minimum atomic E-state index is -4.62. The number of fused-ring (bicyclic) bond motifs is 1. The quantitative estimate of drug-likeness (QED) is 0.636. The second-order valence-electron chi connectivity index (χ2n) is 2.79. The van der Waals surface area contributed by atoms with Crippen molar-refractivity contribution in [3.63, 3.8) is 0 Å². The molecule has 0 aliphatic carbocycles. The Bertz CT molecular complexity index is 425. The van der Waals surface area contributed by atoms with E-state index in [1.807, 2.05) is 0 Å². The van der Waals surface area contributed by atoms with Gasteiger partial charge in [0, 0.05) is 13.1 Å². The van der Waals surface area contributed by atoms with Gasteiger partial charge in [0.2, 0.25) is 0 Å². The molecule has 0 spiro atoms. The van der Waals surface area contributed by atoms with Crippen LogP contribution in [0.3, 0.4) is 0 Å². The van der Waals surface area contributed by atoms with Gasteiger partial charge in [-0.2, -0.15) is 13.5 Å². The van der Waals surface area contributed by atoms with Crippen LogP contribution >= 0.6 is 0 Å². The maximum Gasteiger partial charge on any atom is 0.335 e. The molecule has 0 atom stereocenters. The van der Waals surface area contributed by atoms with Crippen LogP contribution < -0.4 is 5.32 Å². The third-order valence-electron chi connectivity index (χ3n) is 1.97. The lowest BCUT2D eigenvalue weighted by atomic mass is 10.3. The summed E-state index contributed by atoms with van der Waals surface area (Å²) in [6.45, 7) is 1.64. The highest BCUT2D eigenvalue weighted by atomic mass is 32.3. The van der Waals surface area contributed by atoms with Crippen LogP contribution in [0, 0.1) is 0 Å². The molecule has 0 bridgehead atoms. The van der Waals surface area contributed by atoms with E-state index in [-0.39, 0.29) is 4.90 Å². The molecule has 1 aliphatic heterocycles. The molecule has 2 rings (SSSR count). The minimum Gasteiger partial charge on any atom is -0.309 e. The van der Waals surface area contributed by atoms with Crippen LogP contribution in [0.5, 0.6) is 0 Å². The summed E-state index contributed by atoms with van der Waals surface area (Å²) in [6, 6.07) is 0. The monoisotopic (exact) mass is 205 g/mol. The summed E-state index contributed by atoms with van der Waals surface area (Å²) in [5.74, 6) is 0. The number of nitrogens with one attached hydrogen (secondary N) is 1. The highest BCUT2D eigenvalue weighted by Crippen LogP contribution is 2.18. The van der Waals surface area contributed by atoms with Crippen LogP contribution in [0.1, 0.15) is 5.69 Å². The summed E-state index contributed by atoms with van der Waals surface area (Å²) in [5, 5.41) is 6.73. The van der Waals surface area contributed by atoms with Crippen molar-refractivity contribution in [1.82, 2.24) is 15.1 Å². The molecule has 1 N–H and O–H groups in total. The predicted molar refractivity (Wildman–Crippen MR) is 42.2 cm³/mol. The molecule has 2 heterocycles. The largest absolute Gasteiger partial charge is 0.335 e. The first kappa shape index (κ1) is 8.64. The topological polar surface area (TPSA) is 64.0 Å². The molecule has 0 aromatic carbocycles. The SMILES string of the molecule is O=S(=O)(F)c1cnn2c1CNCC2. The van der Waals surface area contributed by atoms with Crippen molar-refractivity contribution >= 4 is 10.2 Å². The van der Waals surface area contributed by atoms with E-state index in [1.54, 1.807) is 0 Å². The number of hydrogen-bond donors (Lipinski definition) is 1. The van der Waals surface area contributed by atoms with Gasteiger partial charge in [0.15, 0.2) is 0 Å². The lowest BCUT2D eigenvalue weighted by Gasteiger charge is -2.14. The molecule has 5 nitrogen and oxygen atoms in total. The van der Waals surface area contributed by atoms with Crippen molar-refractivity contribution in [2.75, 3.05) is 6.54 Å². The Kier molecular flexibility index (Phi) is 1.85. The summed E-state index contributed by atoms with van der Waals surface area (Å²) in [7, 11) is -4.62. The average Bonchev–Trinajstić information content (AvgIpc) is 2.45. The molecular formula is C6H8FN3O2S. The van der Waals surface area contributed by atoms with Crippen LogP contribution in [-0.4, -0.2) is 24.7 Å². The zero-order valence-electron chi connectivity index (χ0n) is 6.70. The summed E-state index contributed by atoms with van der Waals surface area (Å²) in [4.78, 5) is -0.320. The van der Waals surface area contributed by atoms with Gasteiger partial charge in [-0.1, -0.05) is 0 Å². The average molecular weight is 205 g/mol. The van der Waals surface area contributed by atoms with Crippen molar-refractivity contribution < 1.29 is 12.3 Å². The Hall–Kier alpha value is -0.950. The van der Waals surface area contributed by atoms with Crippen molar-refractivity contribution in [3.8, 4) is 0 Å². The molecule has 72 valence electrons. The normalized spacial score (nSPS) is 17.0. The smallest absolute Gasteiger partial charge is 0.309 e. The standard InChI is InChI=1S/C6H8FN3O2S/c7-13(11,12)6-4-9-10-2-1-8-3-5(6)10/h4,8H,1-3H2. The lowest BCUT2D eigenvalue weighted by molar-refractivity contribution is 0.468. The Morgan fingerprint density at radius 1 is 1.62 bits per heavy atom. The summed E-state index contributed by atoms with van der Waals surface area (Å²) in [6.07, 6.45) is 1.05. The molecule has 1 aromatic heterocycles. The Balaban J connectivity index is 2.55. The van der Waals surface area contributed by atoms with E-state index in [9.17, 15) is 12.3 Å². The van der Waals surface area contributed by atoms with Crippen LogP contribution in [0.2, 0.25) is 0 Å². The van der Waals surface area contributed by atoms with Gasteiger partial charge in [0.25, 0.3) is 0 Å². The Labute approximate surface area is 74.8 Å². The van der Waals surface area contributed by atoms with Gasteiger partial charge in [-0.25, -0.2) is 0 Å². The van der Waals surface area contributed by atoms with E-state index < -0.39 is 10.2 Å². The third kappa shape index (κ3) is 1.44. The second kappa shape index (κ2) is 2.78. The maximum absolute atomic E-state index is 12.6. The zero-order valence-corrected chi connectivity index (χ0v) is 7.51. The highest BCUT2D eigenvalue weighted by molar-refractivity contribution is 7.86. The van der Waals surface area contributed by atoms with Crippen LogP contribution in [0.15, 0.2) is 11.1 Å². The Morgan fingerprint density at radius 3 is 3.08 bits per heavy atom. The van der Waals surface area contributed by atoms with Crippen molar-refractivity contribution in [2.24, 2.45) is 0 Å². The molecular weight excluding hydrogens is 197 g/mol. The highest BCUT2D eigenvalue weighted by Gasteiger charge is 2.23. The summed E-state index contributed by atoms with van der Waals surface area (Å²) >= 11 is 0. The third-order valence-corrected chi connectivity index (χ3v) is 2.83. The molecule has 13 heavy (non-hydrogen) atoms. The van der Waals surface area contributed by atoms with Gasteiger partial charge in [-0.05, 0) is 0 Å². The number of halogens is 1. The van der Waals surface area contributed by atoms with Gasteiger partial charge >= 0.3 is 10.2 Å². The first-order valence-corrected chi connectivity index (χ1v) is 5.17. The zero-order chi connectivity index (χ0) is 9.47. The molecule has 0 saturated carbocycles. The van der Waals surface area contributed by atoms with E-state index >= 15 is 0 Å². The van der Waals surface area contributed by atoms with E-state index in [4.69, 9.17) is 0 Å². The van der Waals surface area contributed by atoms with E-state index in [2.05, 4.69) is 10.4 Å². The minimum absolute atomic E-state index is 0.320. The van der Waals surface area contributed by atoms with Gasteiger partial charge < -0.3 is 5.32 Å². The van der Waals surface area contributed by atoms with Crippen LogP contribution in [0.4, 0.5) is 3.89 Å². The fourth-order valence-corrected chi connectivity index (χ4v) is 1.99. The number of nitrogens with zero attached hydrogens (tertiary/aromatic N) is 2. The first-order chi connectivity index (χ1) is 6.09. The molecule has 1 aromatic rings. The molecule has 0 unspecified atom stereocenters. The van der Waals surface area contributed by atoms with E-state index in [0.717, 1.165) is 12.7 Å². The van der Waals surface area contributed by atoms with Gasteiger partial charge in [0.05, 0.1) is 18.4 Å². The maximum atomic E-state index is 12.6.